The molecular weight excluding hydrogens is 140 g/mol. The van der Waals surface area contributed by atoms with Crippen LogP contribution < -0.4 is 0 Å². The number of rotatable bonds is 2. The Balaban J connectivity index is 3.04. The fourth-order valence-corrected chi connectivity index (χ4v) is 0.794. The molecule has 11 heavy (non-hydrogen) atoms. The lowest BCUT2D eigenvalue weighted by Crippen LogP contribution is -1.93. The van der Waals surface area contributed by atoms with Crippen LogP contribution in [0.4, 0.5) is 0 Å². The van der Waals surface area contributed by atoms with Crippen molar-refractivity contribution in [3.8, 4) is 6.07 Å². The average molecular weight is 146 g/mol. The van der Waals surface area contributed by atoms with Crippen LogP contribution in [0.2, 0.25) is 0 Å². The summed E-state index contributed by atoms with van der Waals surface area (Å²) in [5, 5.41) is 8.52. The molecule has 0 spiro atoms. The molecule has 3 nitrogen and oxygen atoms in total. The van der Waals surface area contributed by atoms with E-state index in [0.29, 0.717) is 11.3 Å². The lowest BCUT2D eigenvalue weighted by atomic mass is 10.1. The van der Waals surface area contributed by atoms with Gasteiger partial charge >= 0.3 is 0 Å². The fourth-order valence-electron chi connectivity index (χ4n) is 0.794. The molecule has 1 aromatic heterocycles. The molecule has 0 amide bonds. The summed E-state index contributed by atoms with van der Waals surface area (Å²) in [5.41, 5.74) is 1.02. The molecule has 3 heteroatoms. The molecule has 0 aliphatic carbocycles. The molecule has 0 atom stereocenters. The largest absolute Gasteiger partial charge is 0.303 e. The van der Waals surface area contributed by atoms with Crippen LogP contribution in [-0.4, -0.2) is 11.3 Å². The molecule has 0 saturated heterocycles. The minimum atomic E-state index is 0.261. The molecule has 1 aromatic rings. The highest BCUT2D eigenvalue weighted by molar-refractivity contribution is 5.56. The van der Waals surface area contributed by atoms with Gasteiger partial charge in [0, 0.05) is 12.6 Å². The van der Waals surface area contributed by atoms with Gasteiger partial charge in [-0.1, -0.05) is 6.07 Å². The maximum Gasteiger partial charge on any atom is 0.144 e. The van der Waals surface area contributed by atoms with Crippen LogP contribution in [-0.2, 0) is 11.2 Å². The van der Waals surface area contributed by atoms with Gasteiger partial charge in [0.25, 0.3) is 0 Å². The lowest BCUT2D eigenvalue weighted by Gasteiger charge is -1.94. The van der Waals surface area contributed by atoms with Crippen molar-refractivity contribution in [1.82, 2.24) is 4.98 Å². The van der Waals surface area contributed by atoms with Crippen molar-refractivity contribution < 1.29 is 4.79 Å². The molecule has 0 radical (unpaired) electrons. The number of carbonyl (C=O) groups excluding carboxylic acids is 1. The zero-order valence-corrected chi connectivity index (χ0v) is 5.82. The standard InChI is InChI=1S/C8H6N2O/c9-6-8-7(3-5-11)2-1-4-10-8/h1-2,4-5H,3H2. The average Bonchev–Trinajstić information content (AvgIpc) is 2.06. The summed E-state index contributed by atoms with van der Waals surface area (Å²) in [6, 6.07) is 5.34. The predicted molar refractivity (Wildman–Crippen MR) is 38.7 cm³/mol. The molecule has 0 saturated carbocycles. The Morgan fingerprint density at radius 2 is 2.55 bits per heavy atom. The molecular formula is C8H6N2O. The SMILES string of the molecule is N#Cc1ncccc1CC=O. The van der Waals surface area contributed by atoms with Crippen LogP contribution >= 0.6 is 0 Å². The van der Waals surface area contributed by atoms with Gasteiger partial charge in [0.15, 0.2) is 0 Å². The van der Waals surface area contributed by atoms with Crippen LogP contribution in [0, 0.1) is 11.3 Å². The van der Waals surface area contributed by atoms with E-state index in [4.69, 9.17) is 5.26 Å². The second kappa shape index (κ2) is 3.47. The van der Waals surface area contributed by atoms with Crippen molar-refractivity contribution in [3.05, 3.63) is 29.6 Å². The Morgan fingerprint density at radius 1 is 1.73 bits per heavy atom. The van der Waals surface area contributed by atoms with E-state index in [1.807, 2.05) is 6.07 Å². The molecule has 0 aliphatic rings. The number of nitrogens with zero attached hydrogens (tertiary/aromatic N) is 2. The summed E-state index contributed by atoms with van der Waals surface area (Å²) in [7, 11) is 0. The minimum Gasteiger partial charge on any atom is -0.303 e. The fraction of sp³-hybridized carbons (Fsp3) is 0.125. The molecule has 0 unspecified atom stereocenters. The summed E-state index contributed by atoms with van der Waals surface area (Å²) in [5.74, 6) is 0. The Hall–Kier alpha value is -1.69. The first-order chi connectivity index (χ1) is 5.38. The zero-order valence-electron chi connectivity index (χ0n) is 5.82. The van der Waals surface area contributed by atoms with Crippen molar-refractivity contribution >= 4 is 6.29 Å². The highest BCUT2D eigenvalue weighted by Crippen LogP contribution is 2.02. The molecule has 0 bridgehead atoms. The van der Waals surface area contributed by atoms with E-state index in [9.17, 15) is 4.79 Å². The van der Waals surface area contributed by atoms with Crippen LogP contribution in [0.25, 0.3) is 0 Å². The molecule has 0 aliphatic heterocycles. The van der Waals surface area contributed by atoms with Gasteiger partial charge in [-0.15, -0.1) is 0 Å². The van der Waals surface area contributed by atoms with Gasteiger partial charge in [-0.05, 0) is 11.6 Å². The van der Waals surface area contributed by atoms with Crippen molar-refractivity contribution in [2.24, 2.45) is 0 Å². The van der Waals surface area contributed by atoms with Crippen molar-refractivity contribution in [2.45, 2.75) is 6.42 Å². The first-order valence-electron chi connectivity index (χ1n) is 3.16. The third kappa shape index (κ3) is 1.62. The number of hydrogen-bond acceptors (Lipinski definition) is 3. The quantitative estimate of drug-likeness (QED) is 0.577. The first-order valence-corrected chi connectivity index (χ1v) is 3.16. The molecule has 0 fully saturated rings. The van der Waals surface area contributed by atoms with Gasteiger partial charge in [-0.2, -0.15) is 5.26 Å². The molecule has 1 heterocycles. The van der Waals surface area contributed by atoms with Gasteiger partial charge in [0.1, 0.15) is 18.0 Å². The summed E-state index contributed by atoms with van der Waals surface area (Å²) < 4.78 is 0. The second-order valence-electron chi connectivity index (χ2n) is 1.99. The normalized spacial score (nSPS) is 8.64. The summed E-state index contributed by atoms with van der Waals surface area (Å²) in [6.45, 7) is 0. The van der Waals surface area contributed by atoms with Gasteiger partial charge in [0.05, 0.1) is 0 Å². The van der Waals surface area contributed by atoms with Gasteiger partial charge in [-0.3, -0.25) is 0 Å². The van der Waals surface area contributed by atoms with Gasteiger partial charge in [0.2, 0.25) is 0 Å². The molecule has 54 valence electrons. The molecule has 1 rings (SSSR count). The number of carbonyl (C=O) groups is 1. The van der Waals surface area contributed by atoms with Crippen molar-refractivity contribution in [2.75, 3.05) is 0 Å². The van der Waals surface area contributed by atoms with Crippen molar-refractivity contribution in [1.29, 1.82) is 5.26 Å². The lowest BCUT2D eigenvalue weighted by molar-refractivity contribution is -0.107. The number of aldehydes is 1. The van der Waals surface area contributed by atoms with E-state index in [1.54, 1.807) is 12.1 Å². The molecule has 0 N–H and O–H groups in total. The topological polar surface area (TPSA) is 53.8 Å². The third-order valence-corrected chi connectivity index (χ3v) is 1.30. The summed E-state index contributed by atoms with van der Waals surface area (Å²) >= 11 is 0. The van der Waals surface area contributed by atoms with E-state index in [-0.39, 0.29) is 6.42 Å². The Bertz CT molecular complexity index is 301. The summed E-state index contributed by atoms with van der Waals surface area (Å²) in [6.07, 6.45) is 2.56. The predicted octanol–water partition coefficient (Wildman–Crippen LogP) is 0.695. The number of hydrogen-bond donors (Lipinski definition) is 0. The third-order valence-electron chi connectivity index (χ3n) is 1.30. The number of aromatic nitrogens is 1. The van der Waals surface area contributed by atoms with Gasteiger partial charge < -0.3 is 4.79 Å². The summed E-state index contributed by atoms with van der Waals surface area (Å²) in [4.78, 5) is 13.9. The maximum absolute atomic E-state index is 10.1. The molecule has 0 aromatic carbocycles. The van der Waals surface area contributed by atoms with E-state index < -0.39 is 0 Å². The van der Waals surface area contributed by atoms with Gasteiger partial charge in [-0.25, -0.2) is 4.98 Å². The van der Waals surface area contributed by atoms with Crippen molar-refractivity contribution in [3.63, 3.8) is 0 Å². The first kappa shape index (κ1) is 7.42. The van der Waals surface area contributed by atoms with E-state index >= 15 is 0 Å². The smallest absolute Gasteiger partial charge is 0.144 e. The zero-order chi connectivity index (χ0) is 8.10. The van der Waals surface area contributed by atoms with E-state index in [0.717, 1.165) is 6.29 Å². The Labute approximate surface area is 64.3 Å². The van der Waals surface area contributed by atoms with E-state index in [2.05, 4.69) is 4.98 Å². The highest BCUT2D eigenvalue weighted by Gasteiger charge is 1.99. The van der Waals surface area contributed by atoms with E-state index in [1.165, 1.54) is 6.20 Å². The Morgan fingerprint density at radius 3 is 3.18 bits per heavy atom. The monoisotopic (exact) mass is 146 g/mol. The number of nitriles is 1. The maximum atomic E-state index is 10.1. The van der Waals surface area contributed by atoms with Crippen LogP contribution in [0.3, 0.4) is 0 Å². The Kier molecular flexibility index (Phi) is 2.34. The number of pyridine rings is 1. The highest BCUT2D eigenvalue weighted by atomic mass is 16.1. The second-order valence-corrected chi connectivity index (χ2v) is 1.99. The van der Waals surface area contributed by atoms with Crippen LogP contribution in [0.1, 0.15) is 11.3 Å². The van der Waals surface area contributed by atoms with Crippen LogP contribution in [0.15, 0.2) is 18.3 Å². The van der Waals surface area contributed by atoms with Crippen LogP contribution in [0.5, 0.6) is 0 Å². The minimum absolute atomic E-state index is 0.261.